The lowest BCUT2D eigenvalue weighted by Gasteiger charge is -2.43. The minimum atomic E-state index is -0.458. The van der Waals surface area contributed by atoms with Gasteiger partial charge >= 0.3 is 0 Å². The van der Waals surface area contributed by atoms with Crippen LogP contribution in [0.1, 0.15) is 83.1 Å². The third-order valence-electron chi connectivity index (χ3n) is 5.05. The van der Waals surface area contributed by atoms with E-state index in [1.54, 1.807) is 0 Å². The van der Waals surface area contributed by atoms with E-state index in [-0.39, 0.29) is 20.6 Å². The smallest absolute Gasteiger partial charge is 0.0655 e. The Morgan fingerprint density at radius 3 is 1.13 bits per heavy atom. The fourth-order valence-corrected chi connectivity index (χ4v) is 12.7. The summed E-state index contributed by atoms with van der Waals surface area (Å²) in [7, 11) is -0.916. The van der Waals surface area contributed by atoms with E-state index in [2.05, 4.69) is 126 Å². The summed E-state index contributed by atoms with van der Waals surface area (Å²) in [6, 6.07) is 15.6. The summed E-state index contributed by atoms with van der Waals surface area (Å²) in [5, 5.41) is 0.775. The summed E-state index contributed by atoms with van der Waals surface area (Å²) in [5.41, 5.74) is 5.22. The molecule has 0 aliphatic carbocycles. The fraction of sp³-hybridized carbons (Fsp3) is 0.593. The van der Waals surface area contributed by atoms with E-state index in [1.165, 1.54) is 22.0 Å². The normalized spacial score (nSPS) is 13.9. The predicted molar refractivity (Wildman–Crippen MR) is 142 cm³/mol. The van der Waals surface area contributed by atoms with Gasteiger partial charge in [0, 0.05) is 0 Å². The van der Waals surface area contributed by atoms with Crippen molar-refractivity contribution in [1.29, 1.82) is 0 Å². The zero-order chi connectivity index (χ0) is 23.1. The first kappa shape index (κ1) is 25.5. The monoisotopic (exact) mass is 443 g/mol. The van der Waals surface area contributed by atoms with Gasteiger partial charge in [-0.05, 0) is 59.7 Å². The molecule has 3 heteroatoms. The predicted octanol–water partition coefficient (Wildman–Crippen LogP) is 8.16. The average Bonchev–Trinajstić information content (AvgIpc) is 2.49. The second kappa shape index (κ2) is 8.64. The van der Waals surface area contributed by atoms with Gasteiger partial charge in [0.25, 0.3) is 0 Å². The third-order valence-corrected chi connectivity index (χ3v) is 11.8. The molecule has 1 heterocycles. The first-order chi connectivity index (χ1) is 13.4. The molecule has 1 aromatic carbocycles. The fourth-order valence-electron chi connectivity index (χ4n) is 4.92. The maximum absolute atomic E-state index is 5.48. The maximum Gasteiger partial charge on any atom is 0.0655 e. The summed E-state index contributed by atoms with van der Waals surface area (Å²) in [6.07, 6.45) is 0. The Morgan fingerprint density at radius 1 is 0.500 bits per heavy atom. The van der Waals surface area contributed by atoms with Crippen LogP contribution < -0.4 is 10.9 Å². The lowest BCUT2D eigenvalue weighted by molar-refractivity contribution is 0.712. The molecule has 166 valence electrons. The number of aromatic nitrogens is 1. The number of rotatable bonds is 3. The molecule has 0 N–H and O–H groups in total. The molecule has 0 saturated heterocycles. The van der Waals surface area contributed by atoms with Gasteiger partial charge in [-0.1, -0.05) is 113 Å². The van der Waals surface area contributed by atoms with E-state index in [0.29, 0.717) is 0 Å². The van der Waals surface area contributed by atoms with Crippen molar-refractivity contribution in [3.63, 3.8) is 0 Å². The molecule has 0 aliphatic rings. The molecule has 2 rings (SSSR count). The van der Waals surface area contributed by atoms with Crippen LogP contribution in [0.4, 0.5) is 0 Å². The Labute approximate surface area is 189 Å². The number of hydrogen-bond acceptors (Lipinski definition) is 1. The van der Waals surface area contributed by atoms with Gasteiger partial charge in [0.1, 0.15) is 0 Å². The van der Waals surface area contributed by atoms with Gasteiger partial charge < -0.3 is 0 Å². The van der Waals surface area contributed by atoms with Crippen LogP contribution in [0.2, 0.25) is 0 Å². The van der Waals surface area contributed by atoms with Crippen molar-refractivity contribution in [3.05, 3.63) is 42.5 Å². The van der Waals surface area contributed by atoms with Crippen molar-refractivity contribution in [1.82, 2.24) is 4.98 Å². The summed E-state index contributed by atoms with van der Waals surface area (Å²) < 4.78 is 0. The molecule has 30 heavy (non-hydrogen) atoms. The van der Waals surface area contributed by atoms with Gasteiger partial charge in [-0.15, -0.1) is 0 Å². The van der Waals surface area contributed by atoms with E-state index in [1.807, 2.05) is 0 Å². The molecule has 1 nitrogen and oxygen atoms in total. The van der Waals surface area contributed by atoms with Crippen LogP contribution in [0.3, 0.4) is 0 Å². The highest BCUT2D eigenvalue weighted by molar-refractivity contribution is 7.69. The molecule has 0 radical (unpaired) electrons. The van der Waals surface area contributed by atoms with E-state index >= 15 is 0 Å². The quantitative estimate of drug-likeness (QED) is 0.436. The molecule has 0 unspecified atom stereocenters. The van der Waals surface area contributed by atoms with Crippen molar-refractivity contribution in [2.24, 2.45) is 0 Å². The Balaban J connectivity index is 2.86. The zero-order valence-corrected chi connectivity index (χ0v) is 23.2. The Morgan fingerprint density at radius 2 is 0.833 bits per heavy atom. The van der Waals surface area contributed by atoms with E-state index in [9.17, 15) is 0 Å². The molecule has 1 aromatic heterocycles. The van der Waals surface area contributed by atoms with Gasteiger partial charge in [0.15, 0.2) is 0 Å². The van der Waals surface area contributed by atoms with Crippen LogP contribution in [-0.2, 0) is 0 Å². The first-order valence-corrected chi connectivity index (χ1v) is 13.8. The highest BCUT2D eigenvalue weighted by Crippen LogP contribution is 2.60. The Bertz CT molecular complexity index is 765. The number of hydrogen-bond donors (Lipinski definition) is 0. The van der Waals surface area contributed by atoms with Crippen LogP contribution >= 0.6 is 15.8 Å². The summed E-state index contributed by atoms with van der Waals surface area (Å²) in [4.78, 5) is 5.48. The Hall–Kier alpha value is -0.770. The molecule has 0 aliphatic heterocycles. The molecule has 0 spiro atoms. The number of pyridine rings is 1. The van der Waals surface area contributed by atoms with Gasteiger partial charge in [-0.3, -0.25) is 0 Å². The van der Waals surface area contributed by atoms with Crippen molar-refractivity contribution in [3.8, 4) is 11.1 Å². The van der Waals surface area contributed by atoms with Gasteiger partial charge in [-0.25, -0.2) is 4.98 Å². The standard InChI is InChI=1S/C27H43NP2/c1-24(2,3)29(25(4,5)6)22-18-21(20-16-14-13-15-17-20)19-23(28-22)30(26(7,8)9)27(10,11)12/h13-19H,1-12H3. The molecule has 0 bridgehead atoms. The van der Waals surface area contributed by atoms with Crippen molar-refractivity contribution in [2.75, 3.05) is 0 Å². The first-order valence-electron chi connectivity index (χ1n) is 11.1. The topological polar surface area (TPSA) is 12.9 Å². The van der Waals surface area contributed by atoms with Crippen LogP contribution in [0, 0.1) is 0 Å². The van der Waals surface area contributed by atoms with Crippen LogP contribution in [0.15, 0.2) is 42.5 Å². The van der Waals surface area contributed by atoms with Crippen LogP contribution in [0.5, 0.6) is 0 Å². The highest BCUT2D eigenvalue weighted by Gasteiger charge is 2.40. The molecular formula is C27H43NP2. The maximum atomic E-state index is 5.48. The molecule has 0 atom stereocenters. The largest absolute Gasteiger partial charge is 0.248 e. The molecule has 2 aromatic rings. The minimum absolute atomic E-state index is 0.194. The number of nitrogens with zero attached hydrogens (tertiary/aromatic N) is 1. The second-order valence-corrected chi connectivity index (χ2v) is 19.9. The zero-order valence-electron chi connectivity index (χ0n) is 21.4. The molecular weight excluding hydrogens is 400 g/mol. The number of benzene rings is 1. The average molecular weight is 444 g/mol. The third kappa shape index (κ3) is 6.14. The lowest BCUT2D eigenvalue weighted by Crippen LogP contribution is -2.37. The lowest BCUT2D eigenvalue weighted by atomic mass is 10.1. The van der Waals surface area contributed by atoms with Crippen LogP contribution in [0.25, 0.3) is 11.1 Å². The molecule has 0 fully saturated rings. The van der Waals surface area contributed by atoms with Crippen molar-refractivity contribution < 1.29 is 0 Å². The van der Waals surface area contributed by atoms with Crippen LogP contribution in [-0.4, -0.2) is 25.6 Å². The summed E-state index contributed by atoms with van der Waals surface area (Å²) in [6.45, 7) is 28.6. The van der Waals surface area contributed by atoms with Gasteiger partial charge in [0.2, 0.25) is 0 Å². The van der Waals surface area contributed by atoms with Gasteiger partial charge in [-0.2, -0.15) is 0 Å². The second-order valence-electron chi connectivity index (χ2n) is 12.3. The molecule has 0 saturated carbocycles. The minimum Gasteiger partial charge on any atom is -0.248 e. The highest BCUT2D eigenvalue weighted by atomic mass is 31.1. The Kier molecular flexibility index (Phi) is 7.34. The van der Waals surface area contributed by atoms with E-state index in [0.717, 1.165) is 0 Å². The van der Waals surface area contributed by atoms with E-state index in [4.69, 9.17) is 4.98 Å². The van der Waals surface area contributed by atoms with Crippen molar-refractivity contribution >= 4 is 26.7 Å². The van der Waals surface area contributed by atoms with Gasteiger partial charge in [0.05, 0.1) is 10.9 Å². The summed E-state index contributed by atoms with van der Waals surface area (Å²) >= 11 is 0. The molecule has 0 amide bonds. The SMILES string of the molecule is CC(C)(C)P(c1cc(-c2ccccc2)cc(P(C(C)(C)C)C(C)(C)C)n1)C(C)(C)C. The van der Waals surface area contributed by atoms with E-state index < -0.39 is 15.8 Å². The van der Waals surface area contributed by atoms with Crippen molar-refractivity contribution in [2.45, 2.75) is 104 Å². The summed E-state index contributed by atoms with van der Waals surface area (Å²) in [5.74, 6) is 0.